The lowest BCUT2D eigenvalue weighted by Gasteiger charge is -2.31. The smallest absolute Gasteiger partial charge is 0.306 e. The van der Waals surface area contributed by atoms with Crippen molar-refractivity contribution in [1.29, 1.82) is 0 Å². The molecule has 0 radical (unpaired) electrons. The predicted molar refractivity (Wildman–Crippen MR) is 182 cm³/mol. The van der Waals surface area contributed by atoms with Gasteiger partial charge in [-0.2, -0.15) is 0 Å². The van der Waals surface area contributed by atoms with Crippen LogP contribution in [0.1, 0.15) is 82.4 Å². The predicted octanol–water partition coefficient (Wildman–Crippen LogP) is 8.34. The zero-order valence-corrected chi connectivity index (χ0v) is 28.5. The Balaban J connectivity index is 1.54. The molecule has 3 aromatic carbocycles. The van der Waals surface area contributed by atoms with Gasteiger partial charge in [0.15, 0.2) is 0 Å². The molecule has 4 rings (SSSR count). The standard InChI is InChI=1S/C36H48NO6PS/c1-36(2,3)45(40)37-34(23-24-35(38)41-27-29-15-7-4-8-16-29)44(39,42-28-30-17-9-5-10-18-30)26-25-31-19-13-14-22-33(31)43-32-20-11-6-12-21-32/h4-5,7-10,13-19,22,32,34,37H,6,11-12,20-21,23-28H2,1-3H3. The molecule has 1 aliphatic carbocycles. The summed E-state index contributed by atoms with van der Waals surface area (Å²) in [6.45, 7) is 5.87. The minimum Gasteiger partial charge on any atom is -0.490 e. The summed E-state index contributed by atoms with van der Waals surface area (Å²) in [7, 11) is -5.09. The summed E-state index contributed by atoms with van der Waals surface area (Å²) < 4.78 is 49.2. The Hall–Kier alpha value is -2.77. The van der Waals surface area contributed by atoms with Gasteiger partial charge >= 0.3 is 5.97 Å². The highest BCUT2D eigenvalue weighted by atomic mass is 32.2. The molecule has 1 aliphatic rings. The summed E-state index contributed by atoms with van der Waals surface area (Å²) in [4.78, 5) is 12.9. The van der Waals surface area contributed by atoms with E-state index in [1.54, 1.807) is 0 Å². The number of hydrogen-bond acceptors (Lipinski definition) is 6. The van der Waals surface area contributed by atoms with Gasteiger partial charge < -0.3 is 14.0 Å². The second-order valence-corrected chi connectivity index (χ2v) is 17.4. The molecule has 0 aromatic heterocycles. The molecule has 3 atom stereocenters. The number of carbonyl (C=O) groups is 1. The monoisotopic (exact) mass is 653 g/mol. The molecule has 7 nitrogen and oxygen atoms in total. The Kier molecular flexibility index (Phi) is 13.4. The highest BCUT2D eigenvalue weighted by Gasteiger charge is 2.38. The molecular weight excluding hydrogens is 605 g/mol. The van der Waals surface area contributed by atoms with Crippen molar-refractivity contribution in [3.05, 3.63) is 102 Å². The largest absolute Gasteiger partial charge is 0.490 e. The van der Waals surface area contributed by atoms with Gasteiger partial charge in [0.05, 0.1) is 34.2 Å². The third kappa shape index (κ3) is 11.5. The first-order valence-corrected chi connectivity index (χ1v) is 19.0. The lowest BCUT2D eigenvalue weighted by molar-refractivity contribution is -0.145. The van der Waals surface area contributed by atoms with E-state index < -0.39 is 34.9 Å². The van der Waals surface area contributed by atoms with Crippen molar-refractivity contribution in [3.63, 3.8) is 0 Å². The van der Waals surface area contributed by atoms with Crippen molar-refractivity contribution in [2.24, 2.45) is 0 Å². The van der Waals surface area contributed by atoms with E-state index in [2.05, 4.69) is 4.72 Å². The van der Waals surface area contributed by atoms with Crippen LogP contribution >= 0.6 is 7.37 Å². The van der Waals surface area contributed by atoms with E-state index >= 15 is 4.57 Å². The number of nitrogens with one attached hydrogen (secondary N) is 1. The van der Waals surface area contributed by atoms with E-state index in [0.717, 1.165) is 35.3 Å². The van der Waals surface area contributed by atoms with Crippen molar-refractivity contribution in [2.45, 2.75) is 102 Å². The molecule has 1 N–H and O–H groups in total. The molecule has 0 heterocycles. The van der Waals surface area contributed by atoms with Crippen LogP contribution in [0.3, 0.4) is 0 Å². The van der Waals surface area contributed by atoms with Gasteiger partial charge in [-0.3, -0.25) is 9.36 Å². The van der Waals surface area contributed by atoms with Gasteiger partial charge in [0.2, 0.25) is 7.37 Å². The second-order valence-electron chi connectivity index (χ2n) is 12.6. The van der Waals surface area contributed by atoms with Crippen LogP contribution in [0.15, 0.2) is 84.9 Å². The molecule has 0 spiro atoms. The van der Waals surface area contributed by atoms with E-state index in [-0.39, 0.29) is 38.3 Å². The molecule has 0 amide bonds. The Labute approximate surface area is 271 Å². The van der Waals surface area contributed by atoms with Crippen LogP contribution in [0.4, 0.5) is 0 Å². The average Bonchev–Trinajstić information content (AvgIpc) is 3.05. The molecule has 0 bridgehead atoms. The highest BCUT2D eigenvalue weighted by molar-refractivity contribution is 7.84. The van der Waals surface area contributed by atoms with Gasteiger partial charge in [0.25, 0.3) is 0 Å². The van der Waals surface area contributed by atoms with Crippen LogP contribution in [0, 0.1) is 0 Å². The van der Waals surface area contributed by atoms with Crippen molar-refractivity contribution in [1.82, 2.24) is 4.72 Å². The Morgan fingerprint density at radius 2 is 1.49 bits per heavy atom. The first-order valence-electron chi connectivity index (χ1n) is 16.0. The maximum Gasteiger partial charge on any atom is 0.306 e. The zero-order valence-electron chi connectivity index (χ0n) is 26.8. The van der Waals surface area contributed by atoms with Gasteiger partial charge in [-0.1, -0.05) is 85.3 Å². The van der Waals surface area contributed by atoms with Gasteiger partial charge in [-0.25, -0.2) is 8.93 Å². The molecule has 1 saturated carbocycles. The fourth-order valence-electron chi connectivity index (χ4n) is 5.23. The number of rotatable bonds is 16. The van der Waals surface area contributed by atoms with Crippen molar-refractivity contribution >= 4 is 24.3 Å². The number of benzene rings is 3. The highest BCUT2D eigenvalue weighted by Crippen LogP contribution is 2.54. The summed E-state index contributed by atoms with van der Waals surface area (Å²) in [6.07, 6.45) is 6.66. The quantitative estimate of drug-likeness (QED) is 0.124. The minimum atomic E-state index is -3.55. The number of hydrogen-bond donors (Lipinski definition) is 1. The van der Waals surface area contributed by atoms with Gasteiger partial charge in [0, 0.05) is 12.6 Å². The van der Waals surface area contributed by atoms with Crippen LogP contribution in [-0.4, -0.2) is 33.0 Å². The molecule has 1 fully saturated rings. The van der Waals surface area contributed by atoms with E-state index in [1.807, 2.05) is 106 Å². The van der Waals surface area contributed by atoms with Gasteiger partial charge in [0.1, 0.15) is 12.4 Å². The average molecular weight is 654 g/mol. The Morgan fingerprint density at radius 1 is 0.889 bits per heavy atom. The first-order chi connectivity index (χ1) is 21.6. The Bertz CT molecular complexity index is 1410. The van der Waals surface area contributed by atoms with Crippen LogP contribution in [0.2, 0.25) is 0 Å². The normalized spacial score (nSPS) is 16.8. The fourth-order valence-corrected chi connectivity index (χ4v) is 8.95. The topological polar surface area (TPSA) is 90.9 Å². The lowest BCUT2D eigenvalue weighted by atomic mass is 9.97. The molecule has 0 aliphatic heterocycles. The number of esters is 1. The van der Waals surface area contributed by atoms with Crippen LogP contribution in [-0.2, 0) is 49.2 Å². The summed E-state index contributed by atoms with van der Waals surface area (Å²) >= 11 is 0. The van der Waals surface area contributed by atoms with Crippen LogP contribution in [0.5, 0.6) is 5.75 Å². The van der Waals surface area contributed by atoms with E-state index in [9.17, 15) is 9.00 Å². The molecular formula is C36H48NO6PS. The second kappa shape index (κ2) is 17.2. The summed E-state index contributed by atoms with van der Waals surface area (Å²) in [6, 6.07) is 27.0. The molecule has 45 heavy (non-hydrogen) atoms. The van der Waals surface area contributed by atoms with E-state index in [4.69, 9.17) is 14.0 Å². The van der Waals surface area contributed by atoms with E-state index in [1.165, 1.54) is 19.3 Å². The summed E-state index contributed by atoms with van der Waals surface area (Å²) in [5.41, 5.74) is 2.74. The van der Waals surface area contributed by atoms with Crippen LogP contribution in [0.25, 0.3) is 0 Å². The van der Waals surface area contributed by atoms with Crippen LogP contribution < -0.4 is 9.46 Å². The third-order valence-electron chi connectivity index (χ3n) is 7.94. The number of ether oxygens (including phenoxy) is 2. The third-order valence-corrected chi connectivity index (χ3v) is 12.5. The summed E-state index contributed by atoms with van der Waals surface area (Å²) in [5.74, 6) is -0.420. The van der Waals surface area contributed by atoms with Crippen molar-refractivity contribution in [2.75, 3.05) is 6.16 Å². The van der Waals surface area contributed by atoms with Crippen molar-refractivity contribution in [3.8, 4) is 5.75 Å². The first kappa shape index (κ1) is 35.1. The summed E-state index contributed by atoms with van der Waals surface area (Å²) in [5, 5.41) is 0. The molecule has 244 valence electrons. The molecule has 3 unspecified atom stereocenters. The molecule has 9 heteroatoms. The number of para-hydroxylation sites is 1. The number of carbonyl (C=O) groups excluding carboxylic acids is 1. The lowest BCUT2D eigenvalue weighted by Crippen LogP contribution is -2.41. The SMILES string of the molecule is CC(C)(C)S(=O)NC(CCC(=O)OCc1ccccc1)P(=O)(CCc1ccccc1OC1CCCCC1)OCc1ccccc1. The van der Waals surface area contributed by atoms with Gasteiger partial charge in [-0.05, 0) is 82.1 Å². The Morgan fingerprint density at radius 3 is 2.13 bits per heavy atom. The maximum atomic E-state index is 15.0. The maximum absolute atomic E-state index is 15.0. The van der Waals surface area contributed by atoms with E-state index in [0.29, 0.717) is 6.42 Å². The molecule has 3 aromatic rings. The minimum absolute atomic E-state index is 0.00586. The molecule has 0 saturated heterocycles. The zero-order chi connectivity index (χ0) is 32.1. The van der Waals surface area contributed by atoms with Gasteiger partial charge in [-0.15, -0.1) is 0 Å². The number of aryl methyl sites for hydroxylation is 1. The van der Waals surface area contributed by atoms with Crippen molar-refractivity contribution < 1.29 is 27.6 Å². The fraction of sp³-hybridized carbons (Fsp3) is 0.472.